The molecule has 0 aromatic heterocycles. The molecule has 1 rings (SSSR count). The van der Waals surface area contributed by atoms with Crippen LogP contribution in [0.25, 0.3) is 0 Å². The van der Waals surface area contributed by atoms with E-state index in [1.807, 2.05) is 31.2 Å². The number of rotatable bonds is 4. The van der Waals surface area contributed by atoms with Crippen molar-refractivity contribution in [3.63, 3.8) is 0 Å². The molecule has 0 aliphatic heterocycles. The Balaban J connectivity index is 2.30. The molecule has 0 heterocycles. The zero-order chi connectivity index (χ0) is 11.3. The SMILES string of the molecule is Cc1ccccc1CCNCC(F)(F)F. The van der Waals surface area contributed by atoms with E-state index in [0.717, 1.165) is 11.1 Å². The second kappa shape index (κ2) is 5.16. The molecule has 0 saturated carbocycles. The second-order valence-electron chi connectivity index (χ2n) is 3.47. The van der Waals surface area contributed by atoms with E-state index in [9.17, 15) is 13.2 Å². The van der Waals surface area contributed by atoms with Gasteiger partial charge < -0.3 is 5.32 Å². The van der Waals surface area contributed by atoms with Gasteiger partial charge in [0.15, 0.2) is 0 Å². The van der Waals surface area contributed by atoms with Crippen LogP contribution in [0.4, 0.5) is 13.2 Å². The average Bonchev–Trinajstić information content (AvgIpc) is 2.13. The van der Waals surface area contributed by atoms with E-state index in [2.05, 4.69) is 5.32 Å². The van der Waals surface area contributed by atoms with E-state index < -0.39 is 12.7 Å². The molecule has 0 spiro atoms. The summed E-state index contributed by atoms with van der Waals surface area (Å²) in [7, 11) is 0. The fourth-order valence-electron chi connectivity index (χ4n) is 1.34. The molecule has 1 aromatic rings. The number of hydrogen-bond acceptors (Lipinski definition) is 1. The summed E-state index contributed by atoms with van der Waals surface area (Å²) in [6.07, 6.45) is -3.49. The van der Waals surface area contributed by atoms with E-state index in [1.54, 1.807) is 0 Å². The van der Waals surface area contributed by atoms with Crippen LogP contribution in [-0.4, -0.2) is 19.3 Å². The van der Waals surface area contributed by atoms with Crippen molar-refractivity contribution in [1.82, 2.24) is 5.32 Å². The molecule has 0 bridgehead atoms. The highest BCUT2D eigenvalue weighted by molar-refractivity contribution is 5.25. The van der Waals surface area contributed by atoms with Crippen LogP contribution in [0.3, 0.4) is 0 Å². The standard InChI is InChI=1S/C11H14F3N/c1-9-4-2-3-5-10(9)6-7-15-8-11(12,13)14/h2-5,15H,6-8H2,1H3. The van der Waals surface area contributed by atoms with E-state index in [-0.39, 0.29) is 0 Å². The first kappa shape index (κ1) is 12.0. The van der Waals surface area contributed by atoms with Crippen LogP contribution in [0.1, 0.15) is 11.1 Å². The maximum atomic E-state index is 11.8. The third-order valence-corrected chi connectivity index (χ3v) is 2.16. The lowest BCUT2D eigenvalue weighted by molar-refractivity contribution is -0.124. The summed E-state index contributed by atoms with van der Waals surface area (Å²) < 4.78 is 35.4. The van der Waals surface area contributed by atoms with Gasteiger partial charge in [0.05, 0.1) is 6.54 Å². The lowest BCUT2D eigenvalue weighted by atomic mass is 10.1. The van der Waals surface area contributed by atoms with Crippen molar-refractivity contribution in [3.05, 3.63) is 35.4 Å². The molecule has 0 radical (unpaired) electrons. The lowest BCUT2D eigenvalue weighted by Gasteiger charge is -2.09. The van der Waals surface area contributed by atoms with E-state index in [0.29, 0.717) is 13.0 Å². The van der Waals surface area contributed by atoms with Crippen molar-refractivity contribution in [1.29, 1.82) is 0 Å². The number of alkyl halides is 3. The van der Waals surface area contributed by atoms with Crippen molar-refractivity contribution >= 4 is 0 Å². The summed E-state index contributed by atoms with van der Waals surface area (Å²) in [6.45, 7) is 1.39. The fourth-order valence-corrected chi connectivity index (χ4v) is 1.34. The number of benzene rings is 1. The molecule has 0 amide bonds. The average molecular weight is 217 g/mol. The topological polar surface area (TPSA) is 12.0 Å². The molecule has 0 aliphatic rings. The third kappa shape index (κ3) is 4.83. The molecule has 0 unspecified atom stereocenters. The molecule has 0 fully saturated rings. The molecular weight excluding hydrogens is 203 g/mol. The summed E-state index contributed by atoms with van der Waals surface area (Å²) in [4.78, 5) is 0. The van der Waals surface area contributed by atoms with Crippen LogP contribution >= 0.6 is 0 Å². The second-order valence-corrected chi connectivity index (χ2v) is 3.47. The largest absolute Gasteiger partial charge is 0.401 e. The molecular formula is C11H14F3N. The quantitative estimate of drug-likeness (QED) is 0.764. The van der Waals surface area contributed by atoms with Gasteiger partial charge in [-0.1, -0.05) is 24.3 Å². The molecule has 1 nitrogen and oxygen atoms in total. The van der Waals surface area contributed by atoms with Crippen molar-refractivity contribution in [2.75, 3.05) is 13.1 Å². The normalized spacial score (nSPS) is 11.7. The molecule has 84 valence electrons. The summed E-state index contributed by atoms with van der Waals surface area (Å²) in [6, 6.07) is 7.71. The van der Waals surface area contributed by atoms with Gasteiger partial charge in [0, 0.05) is 0 Å². The van der Waals surface area contributed by atoms with Crippen LogP contribution in [0.2, 0.25) is 0 Å². The lowest BCUT2D eigenvalue weighted by Crippen LogP contribution is -2.30. The van der Waals surface area contributed by atoms with Crippen molar-refractivity contribution < 1.29 is 13.2 Å². The zero-order valence-electron chi connectivity index (χ0n) is 8.56. The van der Waals surface area contributed by atoms with E-state index in [4.69, 9.17) is 0 Å². The van der Waals surface area contributed by atoms with Crippen molar-refractivity contribution in [2.24, 2.45) is 0 Å². The summed E-state index contributed by atoms with van der Waals surface area (Å²) in [5, 5.41) is 2.38. The van der Waals surface area contributed by atoms with Gasteiger partial charge in [-0.15, -0.1) is 0 Å². The number of hydrogen-bond donors (Lipinski definition) is 1. The van der Waals surface area contributed by atoms with Crippen LogP contribution in [0.15, 0.2) is 24.3 Å². The first-order valence-corrected chi connectivity index (χ1v) is 4.81. The predicted octanol–water partition coefficient (Wildman–Crippen LogP) is 2.69. The molecule has 1 N–H and O–H groups in total. The summed E-state index contributed by atoms with van der Waals surface area (Å²) in [5.41, 5.74) is 2.21. The van der Waals surface area contributed by atoms with Crippen LogP contribution in [-0.2, 0) is 6.42 Å². The Hall–Kier alpha value is -1.03. The molecule has 1 aromatic carbocycles. The minimum Gasteiger partial charge on any atom is -0.308 e. The molecule has 15 heavy (non-hydrogen) atoms. The Kier molecular flexibility index (Phi) is 4.15. The predicted molar refractivity (Wildman–Crippen MR) is 53.8 cm³/mol. The third-order valence-electron chi connectivity index (χ3n) is 2.16. The van der Waals surface area contributed by atoms with E-state index >= 15 is 0 Å². The van der Waals surface area contributed by atoms with Gasteiger partial charge in [0.2, 0.25) is 0 Å². The van der Waals surface area contributed by atoms with Gasteiger partial charge in [-0.3, -0.25) is 0 Å². The Morgan fingerprint density at radius 2 is 1.87 bits per heavy atom. The van der Waals surface area contributed by atoms with Gasteiger partial charge in [-0.2, -0.15) is 13.2 Å². The van der Waals surface area contributed by atoms with Crippen LogP contribution in [0, 0.1) is 6.92 Å². The van der Waals surface area contributed by atoms with Gasteiger partial charge >= 0.3 is 6.18 Å². The highest BCUT2D eigenvalue weighted by Crippen LogP contribution is 2.12. The first-order valence-electron chi connectivity index (χ1n) is 4.81. The minimum atomic E-state index is -4.12. The monoisotopic (exact) mass is 217 g/mol. The Labute approximate surface area is 87.3 Å². The Morgan fingerprint density at radius 3 is 2.47 bits per heavy atom. The van der Waals surface area contributed by atoms with Crippen LogP contribution < -0.4 is 5.32 Å². The molecule has 4 heteroatoms. The van der Waals surface area contributed by atoms with Crippen molar-refractivity contribution in [3.8, 4) is 0 Å². The van der Waals surface area contributed by atoms with Gasteiger partial charge in [-0.05, 0) is 31.0 Å². The summed E-state index contributed by atoms with van der Waals surface area (Å²) in [5.74, 6) is 0. The Bertz CT molecular complexity index is 307. The van der Waals surface area contributed by atoms with Gasteiger partial charge in [-0.25, -0.2) is 0 Å². The van der Waals surface area contributed by atoms with Crippen LogP contribution in [0.5, 0.6) is 0 Å². The minimum absolute atomic E-state index is 0.352. The van der Waals surface area contributed by atoms with Gasteiger partial charge in [0.1, 0.15) is 0 Å². The molecule has 0 atom stereocenters. The summed E-state index contributed by atoms with van der Waals surface area (Å²) >= 11 is 0. The highest BCUT2D eigenvalue weighted by atomic mass is 19.4. The zero-order valence-corrected chi connectivity index (χ0v) is 8.56. The van der Waals surface area contributed by atoms with Crippen molar-refractivity contribution in [2.45, 2.75) is 19.5 Å². The fraction of sp³-hybridized carbons (Fsp3) is 0.455. The Morgan fingerprint density at radius 1 is 1.20 bits per heavy atom. The molecule has 0 aliphatic carbocycles. The number of aryl methyl sites for hydroxylation is 1. The number of nitrogens with one attached hydrogen (secondary N) is 1. The highest BCUT2D eigenvalue weighted by Gasteiger charge is 2.25. The van der Waals surface area contributed by atoms with Gasteiger partial charge in [0.25, 0.3) is 0 Å². The maximum Gasteiger partial charge on any atom is 0.401 e. The smallest absolute Gasteiger partial charge is 0.308 e. The first-order chi connectivity index (χ1) is 6.99. The number of halogens is 3. The maximum absolute atomic E-state index is 11.8. The van der Waals surface area contributed by atoms with E-state index in [1.165, 1.54) is 0 Å². The molecule has 0 saturated heterocycles.